The first-order valence-corrected chi connectivity index (χ1v) is 10.9. The van der Waals surface area contributed by atoms with Crippen molar-refractivity contribution in [3.05, 3.63) is 107 Å². The van der Waals surface area contributed by atoms with Crippen LogP contribution in [0.1, 0.15) is 15.9 Å². The minimum Gasteiger partial charge on any atom is -0.484 e. The third-order valence-electron chi connectivity index (χ3n) is 4.64. The molecule has 0 aliphatic carbocycles. The van der Waals surface area contributed by atoms with E-state index < -0.39 is 5.97 Å². The van der Waals surface area contributed by atoms with Crippen LogP contribution >= 0.6 is 15.9 Å². The van der Waals surface area contributed by atoms with Crippen LogP contribution < -0.4 is 14.9 Å². The van der Waals surface area contributed by atoms with Crippen LogP contribution in [0.2, 0.25) is 0 Å². The highest BCUT2D eigenvalue weighted by molar-refractivity contribution is 9.10. The molecule has 1 amide bonds. The van der Waals surface area contributed by atoms with Crippen LogP contribution in [0.15, 0.2) is 101 Å². The van der Waals surface area contributed by atoms with Crippen LogP contribution in [-0.2, 0) is 4.79 Å². The van der Waals surface area contributed by atoms with E-state index in [1.165, 1.54) is 6.21 Å². The number of nitrogens with one attached hydrogen (secondary N) is 1. The normalized spacial score (nSPS) is 10.8. The molecule has 7 heteroatoms. The van der Waals surface area contributed by atoms with Crippen LogP contribution in [0.5, 0.6) is 11.5 Å². The molecule has 0 unspecified atom stereocenters. The van der Waals surface area contributed by atoms with Crippen molar-refractivity contribution in [1.82, 2.24) is 5.43 Å². The second kappa shape index (κ2) is 10.6. The minimum absolute atomic E-state index is 0.153. The molecule has 0 fully saturated rings. The van der Waals surface area contributed by atoms with Gasteiger partial charge in [-0.15, -0.1) is 0 Å². The topological polar surface area (TPSA) is 77.0 Å². The molecule has 0 aliphatic heterocycles. The van der Waals surface area contributed by atoms with Crippen molar-refractivity contribution in [1.29, 1.82) is 0 Å². The Morgan fingerprint density at radius 2 is 1.61 bits per heavy atom. The fourth-order valence-corrected chi connectivity index (χ4v) is 3.42. The van der Waals surface area contributed by atoms with Gasteiger partial charge in [0.05, 0.1) is 11.8 Å². The number of hydrogen-bond donors (Lipinski definition) is 1. The van der Waals surface area contributed by atoms with E-state index in [-0.39, 0.29) is 12.5 Å². The number of nitrogens with zero attached hydrogens (tertiary/aromatic N) is 1. The molecule has 0 aromatic heterocycles. The lowest BCUT2D eigenvalue weighted by atomic mass is 10.1. The number of hydrazone groups is 1. The summed E-state index contributed by atoms with van der Waals surface area (Å²) in [5, 5.41) is 6.08. The maximum absolute atomic E-state index is 12.2. The minimum atomic E-state index is -0.448. The highest BCUT2D eigenvalue weighted by Gasteiger charge is 2.09. The lowest BCUT2D eigenvalue weighted by molar-refractivity contribution is -0.123. The van der Waals surface area contributed by atoms with Gasteiger partial charge in [0, 0.05) is 4.47 Å². The lowest BCUT2D eigenvalue weighted by Gasteiger charge is -2.06. The maximum atomic E-state index is 12.2. The van der Waals surface area contributed by atoms with Crippen molar-refractivity contribution < 1.29 is 19.1 Å². The summed E-state index contributed by atoms with van der Waals surface area (Å²) in [6, 6.07) is 27.3. The Morgan fingerprint density at radius 3 is 2.39 bits per heavy atom. The number of carbonyl (C=O) groups is 2. The number of hydrogen-bond acceptors (Lipinski definition) is 5. The van der Waals surface area contributed by atoms with Gasteiger partial charge in [-0.3, -0.25) is 4.79 Å². The summed E-state index contributed by atoms with van der Waals surface area (Å²) in [4.78, 5) is 24.2. The summed E-state index contributed by atoms with van der Waals surface area (Å²) in [6.45, 7) is -0.153. The number of esters is 1. The molecule has 0 heterocycles. The SMILES string of the molecule is O=C(COc1ccc2ccccc2c1)N/N=C/c1ccc(OC(=O)c2cccc(Br)c2)cc1. The second-order valence-corrected chi connectivity index (χ2v) is 7.98. The number of fused-ring (bicyclic) bond motifs is 1. The zero-order valence-corrected chi connectivity index (χ0v) is 19.0. The quantitative estimate of drug-likeness (QED) is 0.160. The zero-order valence-electron chi connectivity index (χ0n) is 17.4. The molecule has 33 heavy (non-hydrogen) atoms. The highest BCUT2D eigenvalue weighted by Crippen LogP contribution is 2.20. The summed E-state index contributed by atoms with van der Waals surface area (Å²) >= 11 is 3.33. The summed E-state index contributed by atoms with van der Waals surface area (Å²) in [5.74, 6) is 0.196. The molecule has 4 aromatic rings. The van der Waals surface area contributed by atoms with Crippen LogP contribution in [0, 0.1) is 0 Å². The van der Waals surface area contributed by atoms with E-state index >= 15 is 0 Å². The van der Waals surface area contributed by atoms with E-state index in [4.69, 9.17) is 9.47 Å². The van der Waals surface area contributed by atoms with Gasteiger partial charge in [0.25, 0.3) is 5.91 Å². The standard InChI is InChI=1S/C26H19BrN2O4/c27-22-7-3-6-21(14-22)26(31)33-23-11-8-18(9-12-23)16-28-29-25(30)17-32-24-13-10-19-4-1-2-5-20(19)15-24/h1-16H,17H2,(H,29,30)/b28-16+. The van der Waals surface area contributed by atoms with Crippen molar-refractivity contribution in [3.63, 3.8) is 0 Å². The predicted molar refractivity (Wildman–Crippen MR) is 131 cm³/mol. The molecule has 0 saturated carbocycles. The molecule has 164 valence electrons. The second-order valence-electron chi connectivity index (χ2n) is 7.06. The molecule has 1 N–H and O–H groups in total. The molecule has 0 spiro atoms. The summed E-state index contributed by atoms with van der Waals surface area (Å²) in [6.07, 6.45) is 1.49. The van der Waals surface area contributed by atoms with Crippen LogP contribution in [0.3, 0.4) is 0 Å². The van der Waals surface area contributed by atoms with Gasteiger partial charge in [0.2, 0.25) is 0 Å². The van der Waals surface area contributed by atoms with Crippen molar-refractivity contribution in [2.75, 3.05) is 6.61 Å². The summed E-state index contributed by atoms with van der Waals surface area (Å²) in [7, 11) is 0. The zero-order chi connectivity index (χ0) is 23.0. The van der Waals surface area contributed by atoms with Gasteiger partial charge in [0.15, 0.2) is 6.61 Å². The van der Waals surface area contributed by atoms with Gasteiger partial charge in [-0.2, -0.15) is 5.10 Å². The van der Waals surface area contributed by atoms with E-state index in [0.717, 1.165) is 20.8 Å². The van der Waals surface area contributed by atoms with E-state index in [1.54, 1.807) is 42.5 Å². The first kappa shape index (κ1) is 22.2. The highest BCUT2D eigenvalue weighted by atomic mass is 79.9. The fraction of sp³-hybridized carbons (Fsp3) is 0.0385. The van der Waals surface area contributed by atoms with E-state index in [2.05, 4.69) is 26.5 Å². The third kappa shape index (κ3) is 6.27. The van der Waals surface area contributed by atoms with Crippen molar-refractivity contribution in [3.8, 4) is 11.5 Å². The van der Waals surface area contributed by atoms with E-state index in [9.17, 15) is 9.59 Å². The Bertz CT molecular complexity index is 1320. The van der Waals surface area contributed by atoms with Gasteiger partial charge in [-0.25, -0.2) is 10.2 Å². The van der Waals surface area contributed by atoms with Crippen molar-refractivity contribution >= 4 is 44.8 Å². The number of halogens is 1. The van der Waals surface area contributed by atoms with Gasteiger partial charge < -0.3 is 9.47 Å². The fourth-order valence-electron chi connectivity index (χ4n) is 3.02. The lowest BCUT2D eigenvalue weighted by Crippen LogP contribution is -2.24. The summed E-state index contributed by atoms with van der Waals surface area (Å²) < 4.78 is 11.7. The maximum Gasteiger partial charge on any atom is 0.343 e. The molecule has 4 rings (SSSR count). The number of ether oxygens (including phenoxy) is 2. The molecule has 0 bridgehead atoms. The Kier molecular flexibility index (Phi) is 7.12. The molecular formula is C26H19BrN2O4. The first-order chi connectivity index (χ1) is 16.1. The number of amides is 1. The number of carbonyl (C=O) groups excluding carboxylic acids is 2. The molecule has 0 aliphatic rings. The van der Waals surface area contributed by atoms with Gasteiger partial charge in [0.1, 0.15) is 11.5 Å². The molecule has 0 atom stereocenters. The molecule has 0 saturated heterocycles. The Balaban J connectivity index is 1.25. The van der Waals surface area contributed by atoms with Gasteiger partial charge >= 0.3 is 5.97 Å². The van der Waals surface area contributed by atoms with Crippen LogP contribution in [0.4, 0.5) is 0 Å². The van der Waals surface area contributed by atoms with Crippen molar-refractivity contribution in [2.45, 2.75) is 0 Å². The molecule has 6 nitrogen and oxygen atoms in total. The van der Waals surface area contributed by atoms with Crippen molar-refractivity contribution in [2.24, 2.45) is 5.10 Å². The average Bonchev–Trinajstić information content (AvgIpc) is 2.83. The summed E-state index contributed by atoms with van der Waals surface area (Å²) in [5.41, 5.74) is 3.61. The first-order valence-electron chi connectivity index (χ1n) is 10.1. The molecule has 0 radical (unpaired) electrons. The van der Waals surface area contributed by atoms with Gasteiger partial charge in [-0.1, -0.05) is 52.3 Å². The predicted octanol–water partition coefficient (Wildman–Crippen LogP) is 5.35. The molecule has 4 aromatic carbocycles. The Labute approximate surface area is 199 Å². The Morgan fingerprint density at radius 1 is 0.848 bits per heavy atom. The van der Waals surface area contributed by atoms with Gasteiger partial charge in [-0.05, 0) is 70.9 Å². The average molecular weight is 503 g/mol. The van der Waals surface area contributed by atoms with Crippen LogP contribution in [0.25, 0.3) is 10.8 Å². The third-order valence-corrected chi connectivity index (χ3v) is 5.14. The number of rotatable bonds is 7. The Hall–Kier alpha value is -3.97. The smallest absolute Gasteiger partial charge is 0.343 e. The largest absolute Gasteiger partial charge is 0.484 e. The van der Waals surface area contributed by atoms with E-state index in [0.29, 0.717) is 17.1 Å². The molecular weight excluding hydrogens is 484 g/mol. The van der Waals surface area contributed by atoms with E-state index in [1.807, 2.05) is 48.5 Å². The number of benzene rings is 4. The monoisotopic (exact) mass is 502 g/mol. The van der Waals surface area contributed by atoms with Crippen LogP contribution in [-0.4, -0.2) is 24.7 Å².